The largest absolute Gasteiger partial charge is 0.481 e. The van der Waals surface area contributed by atoms with E-state index in [4.69, 9.17) is 9.47 Å². The minimum absolute atomic E-state index is 0.428. The lowest BCUT2D eigenvalue weighted by atomic mass is 10.2. The molecule has 6 nitrogen and oxygen atoms in total. The van der Waals surface area contributed by atoms with Crippen LogP contribution in [0.3, 0.4) is 0 Å². The van der Waals surface area contributed by atoms with Crippen LogP contribution < -0.4 is 10.1 Å². The number of morpholine rings is 1. The molecule has 0 aliphatic carbocycles. The van der Waals surface area contributed by atoms with E-state index in [1.165, 1.54) is 0 Å². The first-order valence-electron chi connectivity index (χ1n) is 7.21. The van der Waals surface area contributed by atoms with Crippen LogP contribution in [0.4, 0.5) is 0 Å². The molecule has 0 amide bonds. The van der Waals surface area contributed by atoms with Gasteiger partial charge in [0.2, 0.25) is 5.88 Å². The summed E-state index contributed by atoms with van der Waals surface area (Å²) in [4.78, 5) is 2.44. The first kappa shape index (κ1) is 15.3. The molecule has 1 N–H and O–H groups in total. The van der Waals surface area contributed by atoms with Gasteiger partial charge in [-0.05, 0) is 13.8 Å². The molecular formula is C14H26N4O2. The summed E-state index contributed by atoms with van der Waals surface area (Å²) in [5.74, 6) is 0.841. The number of rotatable bonds is 6. The molecular weight excluding hydrogens is 256 g/mol. The summed E-state index contributed by atoms with van der Waals surface area (Å²) < 4.78 is 12.6. The van der Waals surface area contributed by atoms with E-state index < -0.39 is 0 Å². The van der Waals surface area contributed by atoms with E-state index in [-0.39, 0.29) is 0 Å². The summed E-state index contributed by atoms with van der Waals surface area (Å²) in [6, 6.07) is 0.428. The second kappa shape index (κ2) is 7.06. The fraction of sp³-hybridized carbons (Fsp3) is 0.786. The maximum absolute atomic E-state index is 5.41. The zero-order chi connectivity index (χ0) is 14.5. The number of nitrogens with one attached hydrogen (secondary N) is 1. The molecule has 114 valence electrons. The Morgan fingerprint density at radius 2 is 2.10 bits per heavy atom. The van der Waals surface area contributed by atoms with Crippen LogP contribution in [0.5, 0.6) is 5.88 Å². The Morgan fingerprint density at radius 3 is 2.75 bits per heavy atom. The molecule has 1 aromatic rings. The van der Waals surface area contributed by atoms with Gasteiger partial charge in [0.1, 0.15) is 0 Å². The fourth-order valence-electron chi connectivity index (χ4n) is 2.65. The molecule has 1 aromatic heterocycles. The highest BCUT2D eigenvalue weighted by atomic mass is 16.5. The van der Waals surface area contributed by atoms with Gasteiger partial charge >= 0.3 is 0 Å². The van der Waals surface area contributed by atoms with Crippen molar-refractivity contribution in [2.75, 3.05) is 40.0 Å². The van der Waals surface area contributed by atoms with E-state index >= 15 is 0 Å². The third kappa shape index (κ3) is 3.71. The van der Waals surface area contributed by atoms with Gasteiger partial charge in [-0.1, -0.05) is 0 Å². The molecule has 0 saturated carbocycles. The van der Waals surface area contributed by atoms with Crippen molar-refractivity contribution >= 4 is 0 Å². The average molecular weight is 282 g/mol. The van der Waals surface area contributed by atoms with E-state index in [1.807, 2.05) is 14.0 Å². The maximum atomic E-state index is 5.41. The predicted octanol–water partition coefficient (Wildman–Crippen LogP) is 0.547. The Morgan fingerprint density at radius 1 is 1.40 bits per heavy atom. The first-order valence-corrected chi connectivity index (χ1v) is 7.21. The molecule has 0 aromatic carbocycles. The van der Waals surface area contributed by atoms with E-state index in [9.17, 15) is 0 Å². The topological polar surface area (TPSA) is 51.6 Å². The number of nitrogens with zero attached hydrogens (tertiary/aromatic N) is 3. The van der Waals surface area contributed by atoms with Crippen LogP contribution in [0.2, 0.25) is 0 Å². The molecule has 0 bridgehead atoms. The highest BCUT2D eigenvalue weighted by Gasteiger charge is 2.16. The SMILES string of the molecule is COc1c(CNC(C)CN2CCOCC2)c(C)nn1C. The summed E-state index contributed by atoms with van der Waals surface area (Å²) in [5, 5.41) is 7.96. The molecule has 1 aliphatic rings. The number of hydrogen-bond acceptors (Lipinski definition) is 5. The Bertz CT molecular complexity index is 427. The Hall–Kier alpha value is -1.11. The molecule has 1 saturated heterocycles. The van der Waals surface area contributed by atoms with Crippen LogP contribution in [-0.2, 0) is 18.3 Å². The average Bonchev–Trinajstić information content (AvgIpc) is 2.71. The number of ether oxygens (including phenoxy) is 2. The van der Waals surface area contributed by atoms with Crippen LogP contribution in [0.25, 0.3) is 0 Å². The van der Waals surface area contributed by atoms with Gasteiger partial charge in [-0.15, -0.1) is 0 Å². The maximum Gasteiger partial charge on any atom is 0.216 e. The van der Waals surface area contributed by atoms with Gasteiger partial charge in [0.15, 0.2) is 0 Å². The van der Waals surface area contributed by atoms with Crippen LogP contribution in [0.15, 0.2) is 0 Å². The van der Waals surface area contributed by atoms with Gasteiger partial charge in [-0.3, -0.25) is 4.90 Å². The molecule has 1 unspecified atom stereocenters. The van der Waals surface area contributed by atoms with Crippen molar-refractivity contribution in [2.45, 2.75) is 26.4 Å². The lowest BCUT2D eigenvalue weighted by Crippen LogP contribution is -2.44. The summed E-state index contributed by atoms with van der Waals surface area (Å²) in [7, 11) is 3.60. The summed E-state index contributed by atoms with van der Waals surface area (Å²) >= 11 is 0. The summed E-state index contributed by atoms with van der Waals surface area (Å²) in [6.07, 6.45) is 0. The van der Waals surface area contributed by atoms with Gasteiger partial charge in [0.05, 0.1) is 31.6 Å². The van der Waals surface area contributed by atoms with Crippen molar-refractivity contribution in [3.05, 3.63) is 11.3 Å². The molecule has 1 atom stereocenters. The van der Waals surface area contributed by atoms with Crippen LogP contribution in [-0.4, -0.2) is 60.7 Å². The molecule has 0 spiro atoms. The van der Waals surface area contributed by atoms with E-state index in [0.29, 0.717) is 6.04 Å². The second-order valence-electron chi connectivity index (χ2n) is 5.39. The zero-order valence-corrected chi connectivity index (χ0v) is 13.0. The van der Waals surface area contributed by atoms with Gasteiger partial charge in [-0.25, -0.2) is 4.68 Å². The van der Waals surface area contributed by atoms with Crippen LogP contribution in [0.1, 0.15) is 18.2 Å². The summed E-state index contributed by atoms with van der Waals surface area (Å²) in [5.41, 5.74) is 2.17. The third-order valence-electron chi connectivity index (χ3n) is 3.75. The van der Waals surface area contributed by atoms with Gasteiger partial charge in [0, 0.05) is 39.3 Å². The highest BCUT2D eigenvalue weighted by molar-refractivity contribution is 5.30. The fourth-order valence-corrected chi connectivity index (χ4v) is 2.65. The Labute approximate surface area is 121 Å². The lowest BCUT2D eigenvalue weighted by Gasteiger charge is -2.29. The normalized spacial score (nSPS) is 18.2. The van der Waals surface area contributed by atoms with Crippen molar-refractivity contribution in [1.82, 2.24) is 20.0 Å². The third-order valence-corrected chi connectivity index (χ3v) is 3.75. The minimum atomic E-state index is 0.428. The molecule has 0 radical (unpaired) electrons. The number of hydrogen-bond donors (Lipinski definition) is 1. The minimum Gasteiger partial charge on any atom is -0.481 e. The number of aryl methyl sites for hydroxylation is 2. The Balaban J connectivity index is 1.85. The van der Waals surface area contributed by atoms with Gasteiger partial charge in [-0.2, -0.15) is 5.10 Å². The lowest BCUT2D eigenvalue weighted by molar-refractivity contribution is 0.0343. The molecule has 1 aliphatic heterocycles. The Kier molecular flexibility index (Phi) is 5.39. The smallest absolute Gasteiger partial charge is 0.216 e. The highest BCUT2D eigenvalue weighted by Crippen LogP contribution is 2.20. The van der Waals surface area contributed by atoms with Crippen molar-refractivity contribution in [3.63, 3.8) is 0 Å². The molecule has 20 heavy (non-hydrogen) atoms. The molecule has 2 heterocycles. The number of aromatic nitrogens is 2. The molecule has 6 heteroatoms. The van der Waals surface area contributed by atoms with Crippen molar-refractivity contribution in [2.24, 2.45) is 7.05 Å². The first-order chi connectivity index (χ1) is 9.61. The number of methoxy groups -OCH3 is 1. The molecule has 1 fully saturated rings. The predicted molar refractivity (Wildman–Crippen MR) is 78.1 cm³/mol. The van der Waals surface area contributed by atoms with Gasteiger partial charge < -0.3 is 14.8 Å². The van der Waals surface area contributed by atoms with E-state index in [2.05, 4.69) is 22.2 Å². The summed E-state index contributed by atoms with van der Waals surface area (Å²) in [6.45, 7) is 9.83. The quantitative estimate of drug-likeness (QED) is 0.826. The standard InChI is InChI=1S/C14H26N4O2/c1-11(10-18-5-7-20-8-6-18)15-9-13-12(2)16-17(3)14(13)19-4/h11,15H,5-10H2,1-4H3. The van der Waals surface area contributed by atoms with E-state index in [0.717, 1.165) is 56.5 Å². The van der Waals surface area contributed by atoms with Crippen molar-refractivity contribution in [1.29, 1.82) is 0 Å². The zero-order valence-electron chi connectivity index (χ0n) is 13.0. The van der Waals surface area contributed by atoms with E-state index in [1.54, 1.807) is 11.8 Å². The van der Waals surface area contributed by atoms with Crippen LogP contribution in [0, 0.1) is 6.92 Å². The van der Waals surface area contributed by atoms with Crippen molar-refractivity contribution < 1.29 is 9.47 Å². The van der Waals surface area contributed by atoms with Crippen LogP contribution >= 0.6 is 0 Å². The van der Waals surface area contributed by atoms with Crippen molar-refractivity contribution in [3.8, 4) is 5.88 Å². The second-order valence-corrected chi connectivity index (χ2v) is 5.39. The molecule has 2 rings (SSSR count). The van der Waals surface area contributed by atoms with Gasteiger partial charge in [0.25, 0.3) is 0 Å². The monoisotopic (exact) mass is 282 g/mol.